The molecule has 2 rings (SSSR count). The van der Waals surface area contributed by atoms with Crippen molar-refractivity contribution in [2.45, 2.75) is 44.8 Å². The lowest BCUT2D eigenvalue weighted by atomic mass is 10.1. The maximum atomic E-state index is 12.0. The Kier molecular flexibility index (Phi) is 6.58. The Hall–Kier alpha value is -1.69. The van der Waals surface area contributed by atoms with Crippen molar-refractivity contribution in [1.82, 2.24) is 5.32 Å². The summed E-state index contributed by atoms with van der Waals surface area (Å²) in [5, 5.41) is 2.82. The zero-order valence-corrected chi connectivity index (χ0v) is 12.4. The number of ether oxygens (including phenoxy) is 2. The fraction of sp³-hybridized carbons (Fsp3) is 0.562. The molecule has 1 N–H and O–H groups in total. The van der Waals surface area contributed by atoms with Crippen LogP contribution in [-0.4, -0.2) is 31.8 Å². The van der Waals surface area contributed by atoms with Crippen LogP contribution in [0.5, 0.6) is 5.75 Å². The topological polar surface area (TPSA) is 47.6 Å². The standard InChI is InChI=1S/C16H21F2NO3/c17-16(18)22-14-8-6-12(7-9-14)15(20)19-10-2-1-4-13-5-3-11-21-13/h6-9,13,16H,1-5,10-11H2,(H,19,20)/t13-/m0/s1. The van der Waals surface area contributed by atoms with Gasteiger partial charge in [0.15, 0.2) is 0 Å². The molecule has 0 unspecified atom stereocenters. The first-order valence-electron chi connectivity index (χ1n) is 7.60. The van der Waals surface area contributed by atoms with Crippen LogP contribution in [0.1, 0.15) is 42.5 Å². The average Bonchev–Trinajstić information content (AvgIpc) is 3.00. The number of alkyl halides is 2. The van der Waals surface area contributed by atoms with Gasteiger partial charge in [-0.05, 0) is 56.4 Å². The summed E-state index contributed by atoms with van der Waals surface area (Å²) >= 11 is 0. The molecule has 4 nitrogen and oxygen atoms in total. The van der Waals surface area contributed by atoms with Crippen LogP contribution in [-0.2, 0) is 4.74 Å². The first-order chi connectivity index (χ1) is 10.6. The third-order valence-electron chi connectivity index (χ3n) is 3.60. The number of nitrogens with one attached hydrogen (secondary N) is 1. The SMILES string of the molecule is O=C(NCCCC[C@H]1CCCO1)c1ccc(OC(F)F)cc1. The number of carbonyl (C=O) groups excluding carboxylic acids is 1. The normalized spacial score (nSPS) is 17.7. The number of hydrogen-bond donors (Lipinski definition) is 1. The number of carbonyl (C=O) groups is 1. The predicted octanol–water partition coefficient (Wildman–Crippen LogP) is 3.37. The summed E-state index contributed by atoms with van der Waals surface area (Å²) in [5.74, 6) is -0.163. The van der Waals surface area contributed by atoms with Gasteiger partial charge in [-0.2, -0.15) is 8.78 Å². The maximum Gasteiger partial charge on any atom is 0.387 e. The molecule has 0 saturated carbocycles. The summed E-state index contributed by atoms with van der Waals surface area (Å²) in [6, 6.07) is 5.66. The Balaban J connectivity index is 1.63. The van der Waals surface area contributed by atoms with Gasteiger partial charge in [0.2, 0.25) is 0 Å². The molecule has 1 saturated heterocycles. The molecule has 1 heterocycles. The molecule has 1 atom stereocenters. The van der Waals surface area contributed by atoms with Crippen molar-refractivity contribution in [3.8, 4) is 5.75 Å². The lowest BCUT2D eigenvalue weighted by molar-refractivity contribution is -0.0498. The molecule has 22 heavy (non-hydrogen) atoms. The smallest absolute Gasteiger partial charge is 0.387 e. The minimum atomic E-state index is -2.86. The fourth-order valence-corrected chi connectivity index (χ4v) is 2.46. The lowest BCUT2D eigenvalue weighted by Gasteiger charge is -2.09. The highest BCUT2D eigenvalue weighted by molar-refractivity contribution is 5.94. The van der Waals surface area contributed by atoms with Gasteiger partial charge in [-0.1, -0.05) is 0 Å². The molecular formula is C16H21F2NO3. The van der Waals surface area contributed by atoms with Gasteiger partial charge in [0.25, 0.3) is 5.91 Å². The third-order valence-corrected chi connectivity index (χ3v) is 3.60. The van der Waals surface area contributed by atoms with E-state index in [1.165, 1.54) is 24.3 Å². The van der Waals surface area contributed by atoms with E-state index in [0.717, 1.165) is 38.7 Å². The Morgan fingerprint density at radius 1 is 1.32 bits per heavy atom. The van der Waals surface area contributed by atoms with Crippen molar-refractivity contribution >= 4 is 5.91 Å². The zero-order valence-electron chi connectivity index (χ0n) is 12.4. The summed E-state index contributed by atoms with van der Waals surface area (Å²) in [6.07, 6.45) is 5.63. The molecule has 1 aliphatic heterocycles. The van der Waals surface area contributed by atoms with Gasteiger partial charge in [0, 0.05) is 18.7 Å². The van der Waals surface area contributed by atoms with E-state index in [-0.39, 0.29) is 11.7 Å². The molecule has 0 aromatic heterocycles. The molecule has 1 amide bonds. The molecule has 1 aliphatic rings. The highest BCUT2D eigenvalue weighted by Gasteiger charge is 2.14. The van der Waals surface area contributed by atoms with E-state index in [1.54, 1.807) is 0 Å². The van der Waals surface area contributed by atoms with Gasteiger partial charge >= 0.3 is 6.61 Å². The Labute approximate surface area is 128 Å². The summed E-state index contributed by atoms with van der Waals surface area (Å²) in [5.41, 5.74) is 0.431. The van der Waals surface area contributed by atoms with Gasteiger partial charge in [0.1, 0.15) is 5.75 Å². The Morgan fingerprint density at radius 2 is 2.09 bits per heavy atom. The maximum absolute atomic E-state index is 12.0. The molecule has 122 valence electrons. The van der Waals surface area contributed by atoms with Crippen LogP contribution in [0.25, 0.3) is 0 Å². The fourth-order valence-electron chi connectivity index (χ4n) is 2.46. The van der Waals surface area contributed by atoms with Crippen molar-refractivity contribution in [1.29, 1.82) is 0 Å². The van der Waals surface area contributed by atoms with Crippen LogP contribution in [0.3, 0.4) is 0 Å². The summed E-state index contributed by atoms with van der Waals surface area (Å²) in [4.78, 5) is 11.9. The molecule has 0 aliphatic carbocycles. The van der Waals surface area contributed by atoms with Gasteiger partial charge in [0.05, 0.1) is 6.10 Å². The number of rotatable bonds is 8. The number of halogens is 2. The highest BCUT2D eigenvalue weighted by Crippen LogP contribution is 2.17. The third kappa shape index (κ3) is 5.60. The van der Waals surface area contributed by atoms with E-state index >= 15 is 0 Å². The summed E-state index contributed by atoms with van der Waals surface area (Å²) in [6.45, 7) is -1.39. The highest BCUT2D eigenvalue weighted by atomic mass is 19.3. The van der Waals surface area contributed by atoms with Crippen molar-refractivity contribution in [3.05, 3.63) is 29.8 Å². The van der Waals surface area contributed by atoms with Crippen LogP contribution < -0.4 is 10.1 Å². The summed E-state index contributed by atoms with van der Waals surface area (Å²) < 4.78 is 33.8. The monoisotopic (exact) mass is 313 g/mol. The quantitative estimate of drug-likeness (QED) is 0.749. The minimum Gasteiger partial charge on any atom is -0.435 e. The number of hydrogen-bond acceptors (Lipinski definition) is 3. The van der Waals surface area contributed by atoms with Crippen LogP contribution >= 0.6 is 0 Å². The second kappa shape index (κ2) is 8.68. The largest absolute Gasteiger partial charge is 0.435 e. The Morgan fingerprint density at radius 3 is 2.73 bits per heavy atom. The van der Waals surface area contributed by atoms with Gasteiger partial charge in [-0.15, -0.1) is 0 Å². The van der Waals surface area contributed by atoms with Gasteiger partial charge in [-0.3, -0.25) is 4.79 Å². The van der Waals surface area contributed by atoms with Crippen molar-refractivity contribution in [3.63, 3.8) is 0 Å². The second-order valence-electron chi connectivity index (χ2n) is 5.29. The first kappa shape index (κ1) is 16.7. The first-order valence-corrected chi connectivity index (χ1v) is 7.60. The zero-order chi connectivity index (χ0) is 15.8. The molecule has 1 fully saturated rings. The van der Waals surface area contributed by atoms with Crippen molar-refractivity contribution in [2.24, 2.45) is 0 Å². The van der Waals surface area contributed by atoms with Crippen LogP contribution in [0, 0.1) is 0 Å². The predicted molar refractivity (Wildman–Crippen MR) is 78.2 cm³/mol. The van der Waals surface area contributed by atoms with Crippen molar-refractivity contribution in [2.75, 3.05) is 13.2 Å². The van der Waals surface area contributed by atoms with E-state index < -0.39 is 6.61 Å². The van der Waals surface area contributed by atoms with Gasteiger partial charge < -0.3 is 14.8 Å². The van der Waals surface area contributed by atoms with E-state index in [9.17, 15) is 13.6 Å². The molecule has 0 radical (unpaired) electrons. The van der Waals surface area contributed by atoms with Crippen LogP contribution in [0.4, 0.5) is 8.78 Å². The number of unbranched alkanes of at least 4 members (excludes halogenated alkanes) is 1. The molecule has 1 aromatic carbocycles. The molecule has 1 aromatic rings. The number of benzene rings is 1. The van der Waals surface area contributed by atoms with Crippen LogP contribution in [0.2, 0.25) is 0 Å². The van der Waals surface area contributed by atoms with E-state index in [0.29, 0.717) is 18.2 Å². The average molecular weight is 313 g/mol. The lowest BCUT2D eigenvalue weighted by Crippen LogP contribution is -2.24. The van der Waals surface area contributed by atoms with Crippen molar-refractivity contribution < 1.29 is 23.0 Å². The number of amides is 1. The van der Waals surface area contributed by atoms with E-state index in [4.69, 9.17) is 4.74 Å². The van der Waals surface area contributed by atoms with Gasteiger partial charge in [-0.25, -0.2) is 0 Å². The van der Waals surface area contributed by atoms with E-state index in [1.807, 2.05) is 0 Å². The van der Waals surface area contributed by atoms with E-state index in [2.05, 4.69) is 10.1 Å². The minimum absolute atomic E-state index is 0.0445. The second-order valence-corrected chi connectivity index (χ2v) is 5.29. The molecule has 6 heteroatoms. The molecular weight excluding hydrogens is 292 g/mol. The molecule has 0 spiro atoms. The molecule has 0 bridgehead atoms. The van der Waals surface area contributed by atoms with Crippen LogP contribution in [0.15, 0.2) is 24.3 Å². The Bertz CT molecular complexity index is 459. The summed E-state index contributed by atoms with van der Waals surface area (Å²) in [7, 11) is 0.